The van der Waals surface area contributed by atoms with E-state index in [4.69, 9.17) is 4.98 Å². The van der Waals surface area contributed by atoms with Crippen LogP contribution in [0.5, 0.6) is 0 Å². The van der Waals surface area contributed by atoms with E-state index < -0.39 is 0 Å². The Morgan fingerprint density at radius 2 is 2.13 bits per heavy atom. The molecule has 130 valence electrons. The van der Waals surface area contributed by atoms with Crippen LogP contribution in [0, 0.1) is 12.8 Å². The Hall–Kier alpha value is -1.20. The van der Waals surface area contributed by atoms with Crippen molar-refractivity contribution in [1.82, 2.24) is 14.9 Å². The second-order valence-corrected chi connectivity index (χ2v) is 7.02. The monoisotopic (exact) mass is 320 g/mol. The van der Waals surface area contributed by atoms with E-state index in [2.05, 4.69) is 35.6 Å². The van der Waals surface area contributed by atoms with E-state index in [9.17, 15) is 5.11 Å². The second kappa shape index (κ2) is 8.60. The molecule has 1 atom stereocenters. The molecule has 0 saturated carbocycles. The molecule has 0 radical (unpaired) electrons. The number of anilines is 1. The van der Waals surface area contributed by atoms with Gasteiger partial charge in [-0.1, -0.05) is 27.2 Å². The first-order valence-corrected chi connectivity index (χ1v) is 8.97. The summed E-state index contributed by atoms with van der Waals surface area (Å²) in [6.45, 7) is 13.0. The molecule has 1 aliphatic heterocycles. The third kappa shape index (κ3) is 4.88. The van der Waals surface area contributed by atoms with E-state index >= 15 is 0 Å². The van der Waals surface area contributed by atoms with E-state index in [1.165, 1.54) is 5.56 Å². The molecule has 0 amide bonds. The third-order valence-corrected chi connectivity index (χ3v) is 4.45. The fraction of sp³-hybridized carbons (Fsp3) is 0.778. The van der Waals surface area contributed by atoms with Gasteiger partial charge in [0.1, 0.15) is 11.6 Å². The summed E-state index contributed by atoms with van der Waals surface area (Å²) in [5.74, 6) is 2.59. The van der Waals surface area contributed by atoms with Crippen molar-refractivity contribution in [2.45, 2.75) is 53.0 Å². The topological polar surface area (TPSA) is 52.5 Å². The van der Waals surface area contributed by atoms with Crippen LogP contribution < -0.4 is 4.90 Å². The molecule has 1 saturated heterocycles. The number of aryl methyl sites for hydroxylation is 2. The standard InChI is InChI=1S/C18H32N4O/c1-5-6-16-11-19-15(4)20-18(16)22-9-8-21(12-14(2)3)17(13-22)7-10-23/h11,14,17,23H,5-10,12-13H2,1-4H3. The van der Waals surface area contributed by atoms with Gasteiger partial charge in [-0.3, -0.25) is 4.90 Å². The molecule has 0 spiro atoms. The van der Waals surface area contributed by atoms with Crippen molar-refractivity contribution in [3.8, 4) is 0 Å². The highest BCUT2D eigenvalue weighted by molar-refractivity contribution is 5.47. The SMILES string of the molecule is CCCc1cnc(C)nc1N1CCN(CC(C)C)C(CCO)C1. The summed E-state index contributed by atoms with van der Waals surface area (Å²) in [4.78, 5) is 14.0. The minimum Gasteiger partial charge on any atom is -0.396 e. The van der Waals surface area contributed by atoms with Crippen molar-refractivity contribution in [3.63, 3.8) is 0 Å². The van der Waals surface area contributed by atoms with Crippen LogP contribution >= 0.6 is 0 Å². The highest BCUT2D eigenvalue weighted by Gasteiger charge is 2.28. The van der Waals surface area contributed by atoms with Crippen LogP contribution in [0.15, 0.2) is 6.20 Å². The highest BCUT2D eigenvalue weighted by atomic mass is 16.3. The molecule has 1 unspecified atom stereocenters. The minimum atomic E-state index is 0.248. The zero-order valence-corrected chi connectivity index (χ0v) is 15.1. The third-order valence-electron chi connectivity index (χ3n) is 4.45. The van der Waals surface area contributed by atoms with Gasteiger partial charge in [-0.2, -0.15) is 0 Å². The average molecular weight is 320 g/mol. The number of rotatable bonds is 7. The van der Waals surface area contributed by atoms with E-state index in [0.29, 0.717) is 12.0 Å². The van der Waals surface area contributed by atoms with E-state index in [1.54, 1.807) is 0 Å². The molecule has 1 aliphatic rings. The van der Waals surface area contributed by atoms with E-state index in [0.717, 1.165) is 57.1 Å². The quantitative estimate of drug-likeness (QED) is 0.835. The van der Waals surface area contributed by atoms with Crippen molar-refractivity contribution < 1.29 is 5.11 Å². The lowest BCUT2D eigenvalue weighted by atomic mass is 10.0. The predicted molar refractivity (Wildman–Crippen MR) is 94.9 cm³/mol. The van der Waals surface area contributed by atoms with Crippen molar-refractivity contribution in [3.05, 3.63) is 17.6 Å². The molecule has 5 nitrogen and oxygen atoms in total. The van der Waals surface area contributed by atoms with Gasteiger partial charge in [0, 0.05) is 50.6 Å². The Bertz CT molecular complexity index is 492. The fourth-order valence-electron chi connectivity index (χ4n) is 3.42. The highest BCUT2D eigenvalue weighted by Crippen LogP contribution is 2.24. The van der Waals surface area contributed by atoms with Crippen molar-refractivity contribution >= 4 is 5.82 Å². The van der Waals surface area contributed by atoms with Gasteiger partial charge in [0.15, 0.2) is 0 Å². The number of aromatic nitrogens is 2. The van der Waals surface area contributed by atoms with E-state index in [1.807, 2.05) is 13.1 Å². The largest absolute Gasteiger partial charge is 0.396 e. The Morgan fingerprint density at radius 1 is 1.35 bits per heavy atom. The molecule has 5 heteroatoms. The molecule has 2 rings (SSSR count). The Balaban J connectivity index is 2.17. The Labute approximate surface area is 140 Å². The predicted octanol–water partition coefficient (Wildman–Crippen LogP) is 2.27. The number of hydrogen-bond acceptors (Lipinski definition) is 5. The van der Waals surface area contributed by atoms with Gasteiger partial charge in [-0.25, -0.2) is 9.97 Å². The summed E-state index contributed by atoms with van der Waals surface area (Å²) in [6, 6.07) is 0.404. The summed E-state index contributed by atoms with van der Waals surface area (Å²) in [6.07, 6.45) is 4.94. The van der Waals surface area contributed by atoms with Gasteiger partial charge in [0.2, 0.25) is 0 Å². The molecule has 1 aromatic rings. The molecule has 0 aliphatic carbocycles. The zero-order valence-electron chi connectivity index (χ0n) is 15.1. The summed E-state index contributed by atoms with van der Waals surface area (Å²) in [5, 5.41) is 9.44. The molecule has 0 aromatic carbocycles. The van der Waals surface area contributed by atoms with Gasteiger partial charge in [-0.15, -0.1) is 0 Å². The lowest BCUT2D eigenvalue weighted by molar-refractivity contribution is 0.128. The normalized spacial score (nSPS) is 19.6. The number of nitrogens with zero attached hydrogens (tertiary/aromatic N) is 4. The number of aliphatic hydroxyl groups excluding tert-OH is 1. The Kier molecular flexibility index (Phi) is 6.78. The van der Waals surface area contributed by atoms with Crippen LogP contribution in [-0.2, 0) is 6.42 Å². The smallest absolute Gasteiger partial charge is 0.135 e. The number of piperazine rings is 1. The molecule has 23 heavy (non-hydrogen) atoms. The maximum atomic E-state index is 9.44. The van der Waals surface area contributed by atoms with Crippen LogP contribution in [0.25, 0.3) is 0 Å². The molecule has 1 N–H and O–H groups in total. The van der Waals surface area contributed by atoms with Crippen LogP contribution in [0.2, 0.25) is 0 Å². The zero-order chi connectivity index (χ0) is 16.8. The van der Waals surface area contributed by atoms with Crippen molar-refractivity contribution in [2.75, 3.05) is 37.7 Å². The number of hydrogen-bond donors (Lipinski definition) is 1. The summed E-state index contributed by atoms with van der Waals surface area (Å²) < 4.78 is 0. The average Bonchev–Trinajstić information content (AvgIpc) is 2.51. The van der Waals surface area contributed by atoms with Crippen LogP contribution in [0.3, 0.4) is 0 Å². The molecular weight excluding hydrogens is 288 g/mol. The first-order valence-electron chi connectivity index (χ1n) is 8.97. The van der Waals surface area contributed by atoms with Crippen LogP contribution in [0.4, 0.5) is 5.82 Å². The molecule has 1 fully saturated rings. The van der Waals surface area contributed by atoms with Gasteiger partial charge in [-0.05, 0) is 25.7 Å². The molecular formula is C18H32N4O. The van der Waals surface area contributed by atoms with Gasteiger partial charge >= 0.3 is 0 Å². The summed E-state index contributed by atoms with van der Waals surface area (Å²) >= 11 is 0. The van der Waals surface area contributed by atoms with E-state index in [-0.39, 0.29) is 6.61 Å². The van der Waals surface area contributed by atoms with Gasteiger partial charge < -0.3 is 10.0 Å². The van der Waals surface area contributed by atoms with Crippen LogP contribution in [-0.4, -0.2) is 58.8 Å². The fourth-order valence-corrected chi connectivity index (χ4v) is 3.42. The van der Waals surface area contributed by atoms with Crippen molar-refractivity contribution in [1.29, 1.82) is 0 Å². The van der Waals surface area contributed by atoms with Gasteiger partial charge in [0.25, 0.3) is 0 Å². The lowest BCUT2D eigenvalue weighted by Crippen LogP contribution is -2.54. The minimum absolute atomic E-state index is 0.248. The molecule has 2 heterocycles. The first kappa shape index (κ1) is 18.1. The lowest BCUT2D eigenvalue weighted by Gasteiger charge is -2.43. The maximum absolute atomic E-state index is 9.44. The maximum Gasteiger partial charge on any atom is 0.135 e. The summed E-state index contributed by atoms with van der Waals surface area (Å²) in [7, 11) is 0. The second-order valence-electron chi connectivity index (χ2n) is 7.02. The molecule has 1 aromatic heterocycles. The Morgan fingerprint density at radius 3 is 2.78 bits per heavy atom. The molecule has 0 bridgehead atoms. The first-order chi connectivity index (χ1) is 11.0. The van der Waals surface area contributed by atoms with Crippen molar-refractivity contribution in [2.24, 2.45) is 5.92 Å². The van der Waals surface area contributed by atoms with Gasteiger partial charge in [0.05, 0.1) is 0 Å². The van der Waals surface area contributed by atoms with Crippen LogP contribution in [0.1, 0.15) is 45.0 Å². The summed E-state index contributed by atoms with van der Waals surface area (Å²) in [5.41, 5.74) is 1.25. The number of aliphatic hydroxyl groups is 1.